The van der Waals surface area contributed by atoms with Crippen molar-refractivity contribution in [3.05, 3.63) is 125 Å². The summed E-state index contributed by atoms with van der Waals surface area (Å²) in [6, 6.07) is 25.5. The first-order valence-corrected chi connectivity index (χ1v) is 12.8. The molecule has 0 aliphatic heterocycles. The molecule has 0 saturated carbocycles. The van der Waals surface area contributed by atoms with E-state index >= 15 is 0 Å². The number of carboxylic acids is 1. The van der Waals surface area contributed by atoms with Crippen LogP contribution in [-0.2, 0) is 16.4 Å². The highest BCUT2D eigenvalue weighted by Gasteiger charge is 2.23. The number of hydrogen-bond donors (Lipinski definition) is 1. The number of nitrogens with zero attached hydrogens (tertiary/aromatic N) is 1. The van der Waals surface area contributed by atoms with Crippen LogP contribution in [0.1, 0.15) is 21.6 Å². The molecule has 0 saturated heterocycles. The first-order chi connectivity index (χ1) is 17.2. The average molecular weight is 520 g/mol. The monoisotopic (exact) mass is 519 g/mol. The second-order valence-electron chi connectivity index (χ2n) is 8.32. The van der Waals surface area contributed by atoms with Gasteiger partial charge in [0.05, 0.1) is 16.0 Å². The molecule has 0 atom stereocenters. The fourth-order valence-corrected chi connectivity index (χ4v) is 5.92. The standard InChI is InChI=1S/C28H19ClFNO4S/c29-23-10-13-27-22(15-23)17-25(14-18-4-6-20(7-5-18)28(32)33)31(27)36(34,35)26-11-8-19(9-12-26)21-2-1-3-24(30)16-21/h1-13,15-17H,14H2,(H,32,33). The Kier molecular flexibility index (Phi) is 6.12. The SMILES string of the molecule is O=C(O)c1ccc(Cc2cc3cc(Cl)ccc3n2S(=O)(=O)c2ccc(-c3cccc(F)c3)cc2)cc1. The van der Waals surface area contributed by atoms with Crippen molar-refractivity contribution >= 4 is 38.5 Å². The number of aromatic nitrogens is 1. The van der Waals surface area contributed by atoms with E-state index in [0.29, 0.717) is 32.7 Å². The topological polar surface area (TPSA) is 76.4 Å². The van der Waals surface area contributed by atoms with Crippen LogP contribution in [0.3, 0.4) is 0 Å². The van der Waals surface area contributed by atoms with Crippen molar-refractivity contribution in [2.75, 3.05) is 0 Å². The molecule has 0 bridgehead atoms. The van der Waals surface area contributed by atoms with Gasteiger partial charge in [-0.05, 0) is 77.4 Å². The minimum Gasteiger partial charge on any atom is -0.478 e. The molecule has 0 unspecified atom stereocenters. The molecule has 36 heavy (non-hydrogen) atoms. The van der Waals surface area contributed by atoms with E-state index in [-0.39, 0.29) is 22.7 Å². The summed E-state index contributed by atoms with van der Waals surface area (Å²) in [7, 11) is -4.01. The minimum atomic E-state index is -4.01. The third kappa shape index (κ3) is 4.51. The number of aromatic carboxylic acids is 1. The van der Waals surface area contributed by atoms with Gasteiger partial charge in [0.25, 0.3) is 10.0 Å². The number of halogens is 2. The second kappa shape index (κ2) is 9.26. The van der Waals surface area contributed by atoms with Crippen molar-refractivity contribution in [3.63, 3.8) is 0 Å². The molecule has 0 spiro atoms. The van der Waals surface area contributed by atoms with Gasteiger partial charge in [0, 0.05) is 22.5 Å². The second-order valence-corrected chi connectivity index (χ2v) is 10.5. The van der Waals surface area contributed by atoms with Crippen molar-refractivity contribution in [1.82, 2.24) is 3.97 Å². The van der Waals surface area contributed by atoms with Gasteiger partial charge in [-0.25, -0.2) is 21.6 Å². The van der Waals surface area contributed by atoms with Crippen LogP contribution in [0.25, 0.3) is 22.0 Å². The lowest BCUT2D eigenvalue weighted by Crippen LogP contribution is -2.16. The van der Waals surface area contributed by atoms with E-state index in [0.717, 1.165) is 5.56 Å². The van der Waals surface area contributed by atoms with E-state index in [4.69, 9.17) is 16.7 Å². The first kappa shape index (κ1) is 23.8. The molecule has 180 valence electrons. The van der Waals surface area contributed by atoms with Gasteiger partial charge in [0.15, 0.2) is 0 Å². The molecule has 4 aromatic carbocycles. The maximum atomic E-state index is 13.8. The number of benzene rings is 4. The van der Waals surface area contributed by atoms with Crippen molar-refractivity contribution in [3.8, 4) is 11.1 Å². The molecule has 1 N–H and O–H groups in total. The van der Waals surface area contributed by atoms with Gasteiger partial charge in [-0.2, -0.15) is 0 Å². The number of carbonyl (C=O) groups is 1. The van der Waals surface area contributed by atoms with Gasteiger partial charge in [0.1, 0.15) is 5.82 Å². The molecule has 5 nitrogen and oxygen atoms in total. The highest BCUT2D eigenvalue weighted by atomic mass is 35.5. The van der Waals surface area contributed by atoms with Gasteiger partial charge in [0.2, 0.25) is 0 Å². The van der Waals surface area contributed by atoms with E-state index in [2.05, 4.69) is 0 Å². The van der Waals surface area contributed by atoms with Gasteiger partial charge >= 0.3 is 5.97 Å². The molecular weight excluding hydrogens is 501 g/mol. The van der Waals surface area contributed by atoms with Crippen LogP contribution >= 0.6 is 11.6 Å². The van der Waals surface area contributed by atoms with Crippen molar-refractivity contribution in [2.45, 2.75) is 11.3 Å². The van der Waals surface area contributed by atoms with Crippen molar-refractivity contribution in [1.29, 1.82) is 0 Å². The highest BCUT2D eigenvalue weighted by Crippen LogP contribution is 2.30. The summed E-state index contributed by atoms with van der Waals surface area (Å²) >= 11 is 6.16. The summed E-state index contributed by atoms with van der Waals surface area (Å²) in [5, 5.41) is 10.3. The third-order valence-corrected chi connectivity index (χ3v) is 7.94. The number of hydrogen-bond acceptors (Lipinski definition) is 3. The van der Waals surface area contributed by atoms with Crippen molar-refractivity contribution in [2.24, 2.45) is 0 Å². The molecule has 0 radical (unpaired) electrons. The summed E-state index contributed by atoms with van der Waals surface area (Å²) in [6.45, 7) is 0. The zero-order valence-corrected chi connectivity index (χ0v) is 20.3. The Labute approximate surface area is 212 Å². The fraction of sp³-hybridized carbons (Fsp3) is 0.0357. The maximum absolute atomic E-state index is 13.8. The van der Waals surface area contributed by atoms with E-state index in [9.17, 15) is 17.6 Å². The Bertz CT molecular complexity index is 1710. The van der Waals surface area contributed by atoms with E-state index in [1.807, 2.05) is 0 Å². The molecule has 0 fully saturated rings. The minimum absolute atomic E-state index is 0.0811. The molecule has 0 aliphatic carbocycles. The third-order valence-electron chi connectivity index (χ3n) is 5.93. The summed E-state index contributed by atoms with van der Waals surface area (Å²) in [5.41, 5.74) is 3.22. The van der Waals surface area contributed by atoms with Gasteiger partial charge in [-0.3, -0.25) is 0 Å². The molecule has 1 aromatic heterocycles. The maximum Gasteiger partial charge on any atom is 0.335 e. The highest BCUT2D eigenvalue weighted by molar-refractivity contribution is 7.90. The van der Waals surface area contributed by atoms with Crippen LogP contribution in [0, 0.1) is 5.82 Å². The van der Waals surface area contributed by atoms with E-state index in [1.54, 1.807) is 60.7 Å². The molecule has 5 rings (SSSR count). The fourth-order valence-electron chi connectivity index (χ4n) is 4.19. The first-order valence-electron chi connectivity index (χ1n) is 11.0. The molecule has 1 heterocycles. The van der Waals surface area contributed by atoms with Crippen molar-refractivity contribution < 1.29 is 22.7 Å². The smallest absolute Gasteiger partial charge is 0.335 e. The summed E-state index contributed by atoms with van der Waals surface area (Å²) in [5.74, 6) is -1.41. The predicted molar refractivity (Wildman–Crippen MR) is 138 cm³/mol. The summed E-state index contributed by atoms with van der Waals surface area (Å²) in [4.78, 5) is 11.3. The van der Waals surface area contributed by atoms with Crippen LogP contribution in [0.2, 0.25) is 5.02 Å². The molecular formula is C28H19ClFNO4S. The van der Waals surface area contributed by atoms with Crippen LogP contribution in [-0.4, -0.2) is 23.5 Å². The Morgan fingerprint density at radius 2 is 1.58 bits per heavy atom. The largest absolute Gasteiger partial charge is 0.478 e. The van der Waals surface area contributed by atoms with E-state index < -0.39 is 16.0 Å². The Balaban J connectivity index is 1.59. The lowest BCUT2D eigenvalue weighted by atomic mass is 10.1. The molecule has 0 aliphatic rings. The normalized spacial score (nSPS) is 11.6. The quantitative estimate of drug-likeness (QED) is 0.273. The predicted octanol–water partition coefficient (Wildman–Crippen LogP) is 6.63. The Hall–Kier alpha value is -3.94. The van der Waals surface area contributed by atoms with Crippen LogP contribution in [0.4, 0.5) is 4.39 Å². The van der Waals surface area contributed by atoms with E-state index in [1.165, 1.54) is 40.4 Å². The lowest BCUT2D eigenvalue weighted by Gasteiger charge is -2.13. The van der Waals surface area contributed by atoms with Crippen LogP contribution in [0.5, 0.6) is 0 Å². The summed E-state index contributed by atoms with van der Waals surface area (Å²) in [6.07, 6.45) is 0.257. The zero-order valence-electron chi connectivity index (χ0n) is 18.7. The lowest BCUT2D eigenvalue weighted by molar-refractivity contribution is 0.0697. The molecule has 5 aromatic rings. The number of rotatable bonds is 6. The molecule has 0 amide bonds. The average Bonchev–Trinajstić information content (AvgIpc) is 3.22. The summed E-state index contributed by atoms with van der Waals surface area (Å²) < 4.78 is 42.6. The Morgan fingerprint density at radius 3 is 2.25 bits per heavy atom. The van der Waals surface area contributed by atoms with Gasteiger partial charge < -0.3 is 5.11 Å². The van der Waals surface area contributed by atoms with Gasteiger partial charge in [-0.15, -0.1) is 0 Å². The number of carboxylic acid groups (broad SMARTS) is 1. The van der Waals surface area contributed by atoms with Crippen LogP contribution in [0.15, 0.2) is 102 Å². The van der Waals surface area contributed by atoms with Crippen LogP contribution < -0.4 is 0 Å². The molecule has 8 heteroatoms. The van der Waals surface area contributed by atoms with Gasteiger partial charge in [-0.1, -0.05) is 48.0 Å². The number of fused-ring (bicyclic) bond motifs is 1. The zero-order chi connectivity index (χ0) is 25.4. The Morgan fingerprint density at radius 1 is 0.861 bits per heavy atom.